The van der Waals surface area contributed by atoms with Gasteiger partial charge in [0.2, 0.25) is 0 Å². The van der Waals surface area contributed by atoms with E-state index < -0.39 is 11.5 Å². The van der Waals surface area contributed by atoms with Crippen LogP contribution in [0.4, 0.5) is 0 Å². The van der Waals surface area contributed by atoms with Crippen molar-refractivity contribution in [2.45, 2.75) is 20.0 Å². The van der Waals surface area contributed by atoms with Crippen LogP contribution in [0.3, 0.4) is 0 Å². The van der Waals surface area contributed by atoms with E-state index in [1.54, 1.807) is 24.4 Å². The van der Waals surface area contributed by atoms with Gasteiger partial charge < -0.3 is 5.32 Å². The summed E-state index contributed by atoms with van der Waals surface area (Å²) in [6, 6.07) is 10.6. The number of carbonyl (C=O) groups is 1. The van der Waals surface area contributed by atoms with Crippen molar-refractivity contribution >= 4 is 28.7 Å². The van der Waals surface area contributed by atoms with Crippen molar-refractivity contribution < 1.29 is 4.79 Å². The average molecular weight is 343 g/mol. The van der Waals surface area contributed by atoms with Crippen molar-refractivity contribution in [1.82, 2.24) is 19.9 Å². The molecule has 3 rings (SSSR count). The lowest BCUT2D eigenvalue weighted by atomic mass is 10.2. The molecule has 0 aliphatic heterocycles. The van der Waals surface area contributed by atoms with E-state index in [9.17, 15) is 9.59 Å². The summed E-state index contributed by atoms with van der Waals surface area (Å²) in [5.74, 6) is -0.534. The van der Waals surface area contributed by atoms with Gasteiger partial charge in [-0.1, -0.05) is 29.8 Å². The first-order chi connectivity index (χ1) is 11.6. The van der Waals surface area contributed by atoms with E-state index in [-0.39, 0.29) is 12.2 Å². The number of benzene rings is 1. The number of hydrogen-bond acceptors (Lipinski definition) is 4. The normalized spacial score (nSPS) is 10.8. The second kappa shape index (κ2) is 6.80. The van der Waals surface area contributed by atoms with Crippen LogP contribution in [0.15, 0.2) is 47.4 Å². The van der Waals surface area contributed by atoms with Crippen molar-refractivity contribution in [3.8, 4) is 0 Å². The maximum Gasteiger partial charge on any atom is 0.283 e. The van der Waals surface area contributed by atoms with Crippen molar-refractivity contribution in [1.29, 1.82) is 0 Å². The van der Waals surface area contributed by atoms with Gasteiger partial charge in [0.1, 0.15) is 5.52 Å². The second-order valence-corrected chi connectivity index (χ2v) is 5.54. The van der Waals surface area contributed by atoms with E-state index in [4.69, 9.17) is 11.6 Å². The summed E-state index contributed by atoms with van der Waals surface area (Å²) in [7, 11) is 0. The topological polar surface area (TPSA) is 76.9 Å². The van der Waals surface area contributed by atoms with E-state index in [1.807, 2.05) is 25.1 Å². The number of rotatable bonds is 4. The molecule has 24 heavy (non-hydrogen) atoms. The van der Waals surface area contributed by atoms with E-state index in [0.717, 1.165) is 5.56 Å². The highest BCUT2D eigenvalue weighted by atomic mass is 35.5. The number of aryl methyl sites for hydroxylation is 1. The lowest BCUT2D eigenvalue weighted by molar-refractivity contribution is 0.0944. The van der Waals surface area contributed by atoms with E-state index in [1.165, 1.54) is 4.57 Å². The molecular weight excluding hydrogens is 328 g/mol. The van der Waals surface area contributed by atoms with Gasteiger partial charge in [0.05, 0.1) is 0 Å². The molecule has 0 saturated heterocycles. The average Bonchev–Trinajstić information content (AvgIpc) is 2.60. The Kier molecular flexibility index (Phi) is 4.57. The summed E-state index contributed by atoms with van der Waals surface area (Å²) >= 11 is 6.07. The zero-order valence-corrected chi connectivity index (χ0v) is 13.7. The minimum Gasteiger partial charge on any atom is -0.346 e. The number of halogens is 1. The summed E-state index contributed by atoms with van der Waals surface area (Å²) in [4.78, 5) is 33.3. The molecule has 7 heteroatoms. The summed E-state index contributed by atoms with van der Waals surface area (Å²) < 4.78 is 1.44. The Hall–Kier alpha value is -2.73. The van der Waals surface area contributed by atoms with E-state index >= 15 is 0 Å². The lowest BCUT2D eigenvalue weighted by Gasteiger charge is -2.10. The number of pyridine rings is 1. The van der Waals surface area contributed by atoms with Crippen LogP contribution < -0.4 is 10.9 Å². The van der Waals surface area contributed by atoms with Crippen LogP contribution in [0.2, 0.25) is 5.02 Å². The van der Waals surface area contributed by atoms with E-state index in [0.29, 0.717) is 22.7 Å². The van der Waals surface area contributed by atoms with Crippen molar-refractivity contribution in [3.63, 3.8) is 0 Å². The van der Waals surface area contributed by atoms with Crippen LogP contribution >= 0.6 is 11.6 Å². The van der Waals surface area contributed by atoms with Crippen LogP contribution in [0.25, 0.3) is 11.2 Å². The van der Waals surface area contributed by atoms with Crippen LogP contribution in [-0.4, -0.2) is 20.4 Å². The molecular formula is C17H15ClN4O2. The molecule has 122 valence electrons. The first-order valence-corrected chi connectivity index (χ1v) is 7.86. The smallest absolute Gasteiger partial charge is 0.283 e. The first-order valence-electron chi connectivity index (χ1n) is 7.49. The number of hydrogen-bond donors (Lipinski definition) is 1. The highest BCUT2D eigenvalue weighted by Gasteiger charge is 2.17. The lowest BCUT2D eigenvalue weighted by Crippen LogP contribution is -2.34. The molecule has 0 saturated carbocycles. The molecule has 0 spiro atoms. The zero-order chi connectivity index (χ0) is 17.1. The molecule has 1 N–H and O–H groups in total. The Morgan fingerprint density at radius 3 is 2.79 bits per heavy atom. The minimum atomic E-state index is -0.534. The molecule has 0 aliphatic rings. The summed E-state index contributed by atoms with van der Waals surface area (Å²) in [5.41, 5.74) is 1.13. The van der Waals surface area contributed by atoms with Crippen LogP contribution in [0.1, 0.15) is 23.0 Å². The summed E-state index contributed by atoms with van der Waals surface area (Å²) in [6.45, 7) is 2.44. The fourth-order valence-corrected chi connectivity index (χ4v) is 2.62. The van der Waals surface area contributed by atoms with Gasteiger partial charge >= 0.3 is 0 Å². The highest BCUT2D eigenvalue weighted by Crippen LogP contribution is 2.14. The fourth-order valence-electron chi connectivity index (χ4n) is 2.42. The molecule has 0 unspecified atom stereocenters. The molecule has 0 bridgehead atoms. The van der Waals surface area contributed by atoms with Crippen LogP contribution in [0.5, 0.6) is 0 Å². The van der Waals surface area contributed by atoms with Gasteiger partial charge in [-0.2, -0.15) is 0 Å². The molecule has 0 radical (unpaired) electrons. The third-order valence-electron chi connectivity index (χ3n) is 3.63. The first kappa shape index (κ1) is 16.1. The third-order valence-corrected chi connectivity index (χ3v) is 4.00. The molecule has 1 aromatic carbocycles. The van der Waals surface area contributed by atoms with Crippen molar-refractivity contribution in [2.75, 3.05) is 0 Å². The number of carbonyl (C=O) groups excluding carboxylic acids is 1. The molecule has 6 nitrogen and oxygen atoms in total. The standard InChI is InChI=1S/C17H15ClN4O2/c1-2-22-15-13(8-5-9-19-15)21-14(17(22)24)16(23)20-10-11-6-3-4-7-12(11)18/h3-9H,2,10H2,1H3,(H,20,23). The largest absolute Gasteiger partial charge is 0.346 e. The molecule has 1 amide bonds. The molecule has 2 heterocycles. The molecule has 0 atom stereocenters. The third kappa shape index (κ3) is 3.00. The number of aromatic nitrogens is 3. The molecule has 0 aliphatic carbocycles. The zero-order valence-electron chi connectivity index (χ0n) is 13.0. The number of amides is 1. The van der Waals surface area contributed by atoms with E-state index in [2.05, 4.69) is 15.3 Å². The summed E-state index contributed by atoms with van der Waals surface area (Å²) in [6.07, 6.45) is 1.59. The predicted molar refractivity (Wildman–Crippen MR) is 92.1 cm³/mol. The fraction of sp³-hybridized carbons (Fsp3) is 0.176. The van der Waals surface area contributed by atoms with Gasteiger partial charge in [0.25, 0.3) is 11.5 Å². The van der Waals surface area contributed by atoms with Gasteiger partial charge in [0, 0.05) is 24.3 Å². The van der Waals surface area contributed by atoms with Crippen LogP contribution in [-0.2, 0) is 13.1 Å². The summed E-state index contributed by atoms with van der Waals surface area (Å²) in [5, 5.41) is 3.25. The number of nitrogens with zero attached hydrogens (tertiary/aromatic N) is 3. The van der Waals surface area contributed by atoms with Gasteiger partial charge in [-0.3, -0.25) is 14.2 Å². The Morgan fingerprint density at radius 1 is 1.25 bits per heavy atom. The SMILES string of the molecule is CCn1c(=O)c(C(=O)NCc2ccccc2Cl)nc2cccnc21. The monoisotopic (exact) mass is 342 g/mol. The number of fused-ring (bicyclic) bond motifs is 1. The quantitative estimate of drug-likeness (QED) is 0.789. The van der Waals surface area contributed by atoms with Crippen molar-refractivity contribution in [2.24, 2.45) is 0 Å². The molecule has 3 aromatic rings. The van der Waals surface area contributed by atoms with Gasteiger partial charge in [0.15, 0.2) is 11.3 Å². The Balaban J connectivity index is 1.94. The number of nitrogens with one attached hydrogen (secondary N) is 1. The van der Waals surface area contributed by atoms with Gasteiger partial charge in [-0.25, -0.2) is 9.97 Å². The Morgan fingerprint density at radius 2 is 2.04 bits per heavy atom. The van der Waals surface area contributed by atoms with Gasteiger partial charge in [-0.05, 0) is 30.7 Å². The van der Waals surface area contributed by atoms with Crippen molar-refractivity contribution in [3.05, 3.63) is 69.2 Å². The maximum absolute atomic E-state index is 12.5. The van der Waals surface area contributed by atoms with Crippen LogP contribution in [0, 0.1) is 0 Å². The molecule has 2 aromatic heterocycles. The second-order valence-electron chi connectivity index (χ2n) is 5.13. The Labute approximate surface area is 143 Å². The minimum absolute atomic E-state index is 0.149. The maximum atomic E-state index is 12.5. The molecule has 0 fully saturated rings. The predicted octanol–water partition coefficient (Wildman–Crippen LogP) is 2.39. The Bertz CT molecular complexity index is 968. The van der Waals surface area contributed by atoms with Gasteiger partial charge in [-0.15, -0.1) is 0 Å². The highest BCUT2D eigenvalue weighted by molar-refractivity contribution is 6.31.